The number of anilines is 2. The van der Waals surface area contributed by atoms with E-state index >= 15 is 0 Å². The zero-order chi connectivity index (χ0) is 17.4. The summed E-state index contributed by atoms with van der Waals surface area (Å²) in [5.41, 5.74) is 0.442. The van der Waals surface area contributed by atoms with Gasteiger partial charge in [-0.25, -0.2) is 9.92 Å². The van der Waals surface area contributed by atoms with Crippen LogP contribution in [0.4, 0.5) is 15.9 Å². The van der Waals surface area contributed by atoms with E-state index in [0.29, 0.717) is 16.3 Å². The van der Waals surface area contributed by atoms with Crippen LogP contribution in [0.3, 0.4) is 0 Å². The van der Waals surface area contributed by atoms with Crippen LogP contribution in [0.25, 0.3) is 5.52 Å². The molecular weight excluding hydrogens is 351 g/mol. The fraction of sp³-hybridized carbons (Fsp3) is 0.375. The molecule has 0 saturated carbocycles. The minimum Gasteiger partial charge on any atom is -0.477 e. The van der Waals surface area contributed by atoms with Crippen molar-refractivity contribution in [2.24, 2.45) is 0 Å². The third kappa shape index (κ3) is 3.54. The van der Waals surface area contributed by atoms with E-state index in [1.165, 1.54) is 23.7 Å². The molecule has 3 rings (SSSR count). The van der Waals surface area contributed by atoms with Gasteiger partial charge in [-0.3, -0.25) is 9.20 Å². The fourth-order valence-electron chi connectivity index (χ4n) is 2.92. The maximum atomic E-state index is 14.0. The fourth-order valence-corrected chi connectivity index (χ4v) is 2.92. The molecule has 1 aliphatic heterocycles. The van der Waals surface area contributed by atoms with Crippen LogP contribution in [0.2, 0.25) is 0 Å². The van der Waals surface area contributed by atoms with Gasteiger partial charge in [0.1, 0.15) is 11.3 Å². The van der Waals surface area contributed by atoms with Crippen LogP contribution in [-0.4, -0.2) is 60.7 Å². The highest BCUT2D eigenvalue weighted by atomic mass is 35.5. The van der Waals surface area contributed by atoms with Gasteiger partial charge >= 0.3 is 5.97 Å². The lowest BCUT2D eigenvalue weighted by molar-refractivity contribution is 0.0695. The predicted molar refractivity (Wildman–Crippen MR) is 97.1 cm³/mol. The smallest absolute Gasteiger partial charge is 0.341 e. The first-order chi connectivity index (χ1) is 11.4. The topological polar surface area (TPSA) is 68.5 Å². The number of likely N-dealkylation sites (N-methyl/N-ethyl adjacent to an activating group) is 1. The van der Waals surface area contributed by atoms with Crippen LogP contribution in [0, 0.1) is 0 Å². The van der Waals surface area contributed by atoms with Crippen molar-refractivity contribution in [2.75, 3.05) is 50.3 Å². The van der Waals surface area contributed by atoms with E-state index in [-0.39, 0.29) is 23.7 Å². The number of piperazine rings is 1. The van der Waals surface area contributed by atoms with E-state index in [2.05, 4.69) is 9.80 Å². The molecule has 0 atom stereocenters. The summed E-state index contributed by atoms with van der Waals surface area (Å²) < 4.78 is 15.2. The number of carboxylic acids is 1. The van der Waals surface area contributed by atoms with E-state index < -0.39 is 11.5 Å². The number of hydrogen-bond acceptors (Lipinski definition) is 5. The summed E-state index contributed by atoms with van der Waals surface area (Å²) in [6, 6.07) is 4.57. The van der Waals surface area contributed by atoms with Gasteiger partial charge in [-0.1, -0.05) is 0 Å². The second-order valence-corrected chi connectivity index (χ2v) is 5.96. The predicted octanol–water partition coefficient (Wildman–Crippen LogP) is 1.49. The highest BCUT2D eigenvalue weighted by molar-refractivity contribution is 5.88. The van der Waals surface area contributed by atoms with Crippen LogP contribution >= 0.6 is 12.4 Å². The molecule has 9 heteroatoms. The van der Waals surface area contributed by atoms with Crippen molar-refractivity contribution in [3.05, 3.63) is 40.3 Å². The maximum absolute atomic E-state index is 14.0. The van der Waals surface area contributed by atoms with Crippen molar-refractivity contribution < 1.29 is 14.4 Å². The lowest BCUT2D eigenvalue weighted by Gasteiger charge is -2.35. The zero-order valence-corrected chi connectivity index (χ0v) is 14.8. The first kappa shape index (κ1) is 19.0. The molecule has 25 heavy (non-hydrogen) atoms. The highest BCUT2D eigenvalue weighted by Gasteiger charge is 2.21. The lowest BCUT2D eigenvalue weighted by Crippen LogP contribution is -2.44. The number of aromatic carboxylic acids is 1. The van der Waals surface area contributed by atoms with E-state index in [1.807, 2.05) is 7.05 Å². The Kier molecular flexibility index (Phi) is 5.54. The van der Waals surface area contributed by atoms with Crippen LogP contribution < -0.4 is 15.6 Å². The molecule has 1 N–H and O–H groups in total. The van der Waals surface area contributed by atoms with E-state index in [0.717, 1.165) is 26.2 Å². The molecule has 0 aliphatic carbocycles. The van der Waals surface area contributed by atoms with Gasteiger partial charge in [0.05, 0.1) is 11.2 Å². The molecule has 0 bridgehead atoms. The summed E-state index contributed by atoms with van der Waals surface area (Å²) in [5.74, 6) is -1.30. The number of rotatable bonds is 3. The summed E-state index contributed by atoms with van der Waals surface area (Å²) in [7, 11) is 3.29. The molecular formula is C16H20ClFN4O3. The summed E-state index contributed by atoms with van der Waals surface area (Å²) >= 11 is 0. The number of fused-ring (bicyclic) bond motifs is 1. The first-order valence-corrected chi connectivity index (χ1v) is 7.64. The minimum atomic E-state index is -1.30. The van der Waals surface area contributed by atoms with Crippen molar-refractivity contribution in [2.45, 2.75) is 0 Å². The Hall–Kier alpha value is -2.32. The molecule has 0 radical (unpaired) electrons. The third-order valence-electron chi connectivity index (χ3n) is 4.35. The molecule has 3 heterocycles. The maximum Gasteiger partial charge on any atom is 0.341 e. The second-order valence-electron chi connectivity index (χ2n) is 5.96. The van der Waals surface area contributed by atoms with Crippen molar-refractivity contribution in [3.63, 3.8) is 0 Å². The molecule has 0 amide bonds. The van der Waals surface area contributed by atoms with Gasteiger partial charge in [-0.05, 0) is 25.2 Å². The number of pyridine rings is 2. The van der Waals surface area contributed by atoms with Gasteiger partial charge in [0.15, 0.2) is 0 Å². The summed E-state index contributed by atoms with van der Waals surface area (Å²) in [6.45, 7) is 3.24. The minimum absolute atomic E-state index is 0. The van der Waals surface area contributed by atoms with Crippen LogP contribution in [-0.2, 0) is 0 Å². The van der Waals surface area contributed by atoms with Gasteiger partial charge < -0.3 is 14.9 Å². The Morgan fingerprint density at radius 3 is 2.44 bits per heavy atom. The number of aromatic nitrogens is 1. The van der Waals surface area contributed by atoms with Gasteiger partial charge in [0.2, 0.25) is 0 Å². The SMILES string of the molecule is CN1CCN(c2cc3ccc(C(=O)O)c(=O)n3cc2N(C)F)CC1.Cl. The van der Waals surface area contributed by atoms with Crippen LogP contribution in [0.1, 0.15) is 10.4 Å². The Morgan fingerprint density at radius 2 is 1.88 bits per heavy atom. The summed E-state index contributed by atoms with van der Waals surface area (Å²) in [5, 5.41) is 9.53. The van der Waals surface area contributed by atoms with E-state index in [9.17, 15) is 14.1 Å². The Labute approximate surface area is 150 Å². The third-order valence-corrected chi connectivity index (χ3v) is 4.35. The van der Waals surface area contributed by atoms with Gasteiger partial charge in [0.25, 0.3) is 5.56 Å². The van der Waals surface area contributed by atoms with E-state index in [4.69, 9.17) is 5.11 Å². The first-order valence-electron chi connectivity index (χ1n) is 7.64. The van der Waals surface area contributed by atoms with Crippen molar-refractivity contribution in [3.8, 4) is 0 Å². The number of nitrogens with zero attached hydrogens (tertiary/aromatic N) is 4. The van der Waals surface area contributed by atoms with E-state index in [1.54, 1.807) is 12.1 Å². The van der Waals surface area contributed by atoms with Crippen molar-refractivity contribution in [1.82, 2.24) is 9.30 Å². The van der Waals surface area contributed by atoms with Gasteiger partial charge in [-0.2, -0.15) is 0 Å². The summed E-state index contributed by atoms with van der Waals surface area (Å²) in [6.07, 6.45) is 1.36. The Balaban J connectivity index is 0.00000225. The number of halogens is 2. The largest absolute Gasteiger partial charge is 0.477 e. The average molecular weight is 371 g/mol. The highest BCUT2D eigenvalue weighted by Crippen LogP contribution is 2.31. The summed E-state index contributed by atoms with van der Waals surface area (Å²) in [4.78, 5) is 27.7. The normalized spacial score (nSPS) is 15.1. The molecule has 0 unspecified atom stereocenters. The molecule has 2 aromatic rings. The monoisotopic (exact) mass is 370 g/mol. The molecule has 2 aromatic heterocycles. The molecule has 136 valence electrons. The Bertz CT molecular complexity index is 847. The molecule has 0 spiro atoms. The molecule has 1 fully saturated rings. The van der Waals surface area contributed by atoms with Gasteiger partial charge in [-0.15, -0.1) is 16.9 Å². The average Bonchev–Trinajstić information content (AvgIpc) is 2.54. The van der Waals surface area contributed by atoms with Gasteiger partial charge in [0, 0.05) is 39.4 Å². The van der Waals surface area contributed by atoms with Crippen LogP contribution in [0.15, 0.2) is 29.2 Å². The standard InChI is InChI=1S/C16H19FN4O3.ClH/c1-18-5-7-20(8-6-18)13-9-11-3-4-12(16(23)24)15(22)21(11)10-14(13)19(2)17;/h3-4,9-10H,5-8H2,1-2H3,(H,23,24);1H. The van der Waals surface area contributed by atoms with Crippen molar-refractivity contribution in [1.29, 1.82) is 0 Å². The number of carboxylic acid groups (broad SMARTS) is 1. The van der Waals surface area contributed by atoms with Crippen LogP contribution in [0.5, 0.6) is 0 Å². The number of carbonyl (C=O) groups is 1. The molecule has 1 aliphatic rings. The van der Waals surface area contributed by atoms with Crippen molar-refractivity contribution >= 4 is 35.3 Å². The molecule has 7 nitrogen and oxygen atoms in total. The number of hydrogen-bond donors (Lipinski definition) is 1. The molecule has 1 saturated heterocycles. The molecule has 0 aromatic carbocycles. The quantitative estimate of drug-likeness (QED) is 0.826. The Morgan fingerprint density at radius 1 is 1.24 bits per heavy atom. The second kappa shape index (κ2) is 7.28. The lowest BCUT2D eigenvalue weighted by atomic mass is 10.2. The zero-order valence-electron chi connectivity index (χ0n) is 14.0.